The Morgan fingerprint density at radius 2 is 2.31 bits per heavy atom. The molecule has 3 N–H and O–H groups in total. The zero-order valence-electron chi connectivity index (χ0n) is 9.56. The maximum Gasteiger partial charge on any atom is 0.166 e. The molecule has 5 heteroatoms. The van der Waals surface area contributed by atoms with Crippen LogP contribution in [-0.2, 0) is 0 Å². The maximum absolute atomic E-state index is 13.6. The predicted molar refractivity (Wildman–Crippen MR) is 67.9 cm³/mol. The number of nitrogens with two attached hydrogens (primary N) is 1. The Kier molecular flexibility index (Phi) is 4.68. The monoisotopic (exact) mass is 289 g/mol. The van der Waals surface area contributed by atoms with Gasteiger partial charge in [0.15, 0.2) is 11.6 Å². The molecule has 0 aromatic carbocycles. The van der Waals surface area contributed by atoms with Crippen LogP contribution < -0.4 is 11.1 Å². The minimum absolute atomic E-state index is 0.212. The Hall–Kier alpha value is -0.680. The highest BCUT2D eigenvalue weighted by atomic mass is 79.9. The van der Waals surface area contributed by atoms with Gasteiger partial charge in [0, 0.05) is 16.2 Å². The first-order valence-electron chi connectivity index (χ1n) is 5.30. The van der Waals surface area contributed by atoms with Gasteiger partial charge in [-0.3, -0.25) is 0 Å². The Bertz CT molecular complexity index is 359. The van der Waals surface area contributed by atoms with Gasteiger partial charge in [-0.2, -0.15) is 0 Å². The first-order valence-corrected chi connectivity index (χ1v) is 6.09. The summed E-state index contributed by atoms with van der Waals surface area (Å²) >= 11 is 3.17. The molecule has 1 unspecified atom stereocenters. The molecular formula is C11H17BrFN3. The van der Waals surface area contributed by atoms with Crippen LogP contribution in [0.3, 0.4) is 0 Å². The average Bonchev–Trinajstić information content (AvgIpc) is 2.23. The lowest BCUT2D eigenvalue weighted by Gasteiger charge is -2.30. The fourth-order valence-corrected chi connectivity index (χ4v) is 1.74. The molecule has 0 fully saturated rings. The van der Waals surface area contributed by atoms with Crippen molar-refractivity contribution >= 4 is 21.7 Å². The van der Waals surface area contributed by atoms with E-state index >= 15 is 0 Å². The molecule has 0 saturated heterocycles. The molecule has 1 aromatic rings. The topological polar surface area (TPSA) is 50.9 Å². The van der Waals surface area contributed by atoms with E-state index in [9.17, 15) is 4.39 Å². The number of hydrogen-bond acceptors (Lipinski definition) is 3. The van der Waals surface area contributed by atoms with E-state index in [1.807, 2.05) is 13.8 Å². The summed E-state index contributed by atoms with van der Waals surface area (Å²) in [6, 6.07) is 1.40. The number of rotatable bonds is 5. The van der Waals surface area contributed by atoms with Crippen molar-refractivity contribution < 1.29 is 4.39 Å². The van der Waals surface area contributed by atoms with Crippen molar-refractivity contribution in [1.29, 1.82) is 0 Å². The molecule has 90 valence electrons. The van der Waals surface area contributed by atoms with Gasteiger partial charge in [-0.15, -0.1) is 0 Å². The summed E-state index contributed by atoms with van der Waals surface area (Å²) in [6.07, 6.45) is 3.21. The molecule has 3 nitrogen and oxygen atoms in total. The van der Waals surface area contributed by atoms with Crippen molar-refractivity contribution in [2.45, 2.75) is 32.2 Å². The number of anilines is 1. The van der Waals surface area contributed by atoms with Crippen molar-refractivity contribution in [2.75, 3.05) is 11.9 Å². The Balaban J connectivity index is 2.85. The van der Waals surface area contributed by atoms with Gasteiger partial charge in [0.2, 0.25) is 0 Å². The van der Waals surface area contributed by atoms with Gasteiger partial charge >= 0.3 is 0 Å². The van der Waals surface area contributed by atoms with Gasteiger partial charge in [-0.25, -0.2) is 9.37 Å². The first-order chi connectivity index (χ1) is 7.50. The summed E-state index contributed by atoms with van der Waals surface area (Å²) in [5, 5.41) is 3.11. The van der Waals surface area contributed by atoms with E-state index in [-0.39, 0.29) is 17.2 Å². The fraction of sp³-hybridized carbons (Fsp3) is 0.545. The minimum Gasteiger partial charge on any atom is -0.362 e. The molecule has 0 spiro atoms. The smallest absolute Gasteiger partial charge is 0.166 e. The van der Waals surface area contributed by atoms with Crippen molar-refractivity contribution in [2.24, 2.45) is 5.73 Å². The molecule has 1 atom stereocenters. The van der Waals surface area contributed by atoms with E-state index in [1.54, 1.807) is 6.20 Å². The minimum atomic E-state index is -0.355. The highest BCUT2D eigenvalue weighted by molar-refractivity contribution is 9.10. The first kappa shape index (κ1) is 13.4. The van der Waals surface area contributed by atoms with Crippen molar-refractivity contribution in [3.8, 4) is 0 Å². The molecule has 0 aliphatic heterocycles. The normalized spacial score (nSPS) is 14.6. The number of pyridine rings is 1. The number of nitrogens with one attached hydrogen (secondary N) is 1. The average molecular weight is 290 g/mol. The summed E-state index contributed by atoms with van der Waals surface area (Å²) in [5.41, 5.74) is 5.33. The molecule has 0 radical (unpaired) electrons. The lowest BCUT2D eigenvalue weighted by molar-refractivity contribution is 0.457. The van der Waals surface area contributed by atoms with Crippen molar-refractivity contribution in [3.05, 3.63) is 22.6 Å². The Morgan fingerprint density at radius 1 is 1.62 bits per heavy atom. The fourth-order valence-electron chi connectivity index (χ4n) is 1.44. The summed E-state index contributed by atoms with van der Waals surface area (Å²) < 4.78 is 14.2. The van der Waals surface area contributed by atoms with E-state index in [4.69, 9.17) is 5.73 Å². The molecule has 0 bridgehead atoms. The number of aromatic nitrogens is 1. The zero-order chi connectivity index (χ0) is 12.2. The third kappa shape index (κ3) is 3.42. The molecule has 1 heterocycles. The molecular weight excluding hydrogens is 273 g/mol. The second-order valence-corrected chi connectivity index (χ2v) is 4.98. The lowest BCUT2D eigenvalue weighted by Crippen LogP contribution is -2.37. The van der Waals surface area contributed by atoms with Gasteiger partial charge in [-0.05, 0) is 48.3 Å². The third-order valence-corrected chi connectivity index (χ3v) is 3.14. The highest BCUT2D eigenvalue weighted by Gasteiger charge is 2.22. The standard InChI is InChI=1S/C11H17BrFN3/c1-3-11(2,4-5-14)16-10-9(13)6-8(12)7-15-10/h6-7H,3-5,14H2,1-2H3,(H,15,16). The van der Waals surface area contributed by atoms with E-state index in [2.05, 4.69) is 26.2 Å². The van der Waals surface area contributed by atoms with Crippen molar-refractivity contribution in [3.63, 3.8) is 0 Å². The summed E-state index contributed by atoms with van der Waals surface area (Å²) in [6.45, 7) is 4.62. The van der Waals surface area contributed by atoms with E-state index in [0.29, 0.717) is 11.0 Å². The van der Waals surface area contributed by atoms with E-state index in [0.717, 1.165) is 12.8 Å². The van der Waals surface area contributed by atoms with Gasteiger partial charge in [0.25, 0.3) is 0 Å². The molecule has 16 heavy (non-hydrogen) atoms. The highest BCUT2D eigenvalue weighted by Crippen LogP contribution is 2.23. The summed E-state index contributed by atoms with van der Waals surface area (Å²) in [5.74, 6) is -0.0768. The molecule has 1 rings (SSSR count). The third-order valence-electron chi connectivity index (χ3n) is 2.70. The van der Waals surface area contributed by atoms with E-state index < -0.39 is 0 Å². The Labute approximate surface area is 104 Å². The molecule has 0 amide bonds. The summed E-state index contributed by atoms with van der Waals surface area (Å²) in [7, 11) is 0. The zero-order valence-corrected chi connectivity index (χ0v) is 11.1. The predicted octanol–water partition coefficient (Wildman–Crippen LogP) is 2.91. The molecule has 0 aliphatic rings. The lowest BCUT2D eigenvalue weighted by atomic mass is 9.94. The number of nitrogens with zero attached hydrogens (tertiary/aromatic N) is 1. The van der Waals surface area contributed by atoms with Crippen LogP contribution in [0.25, 0.3) is 0 Å². The molecule has 1 aromatic heterocycles. The quantitative estimate of drug-likeness (QED) is 0.876. The van der Waals surface area contributed by atoms with Gasteiger partial charge < -0.3 is 11.1 Å². The van der Waals surface area contributed by atoms with Crippen LogP contribution in [0.2, 0.25) is 0 Å². The summed E-state index contributed by atoms with van der Waals surface area (Å²) in [4.78, 5) is 4.02. The second kappa shape index (κ2) is 5.59. The van der Waals surface area contributed by atoms with Crippen LogP contribution in [0.4, 0.5) is 10.2 Å². The van der Waals surface area contributed by atoms with Crippen LogP contribution in [-0.4, -0.2) is 17.1 Å². The van der Waals surface area contributed by atoms with Crippen LogP contribution in [0, 0.1) is 5.82 Å². The van der Waals surface area contributed by atoms with Crippen LogP contribution >= 0.6 is 15.9 Å². The van der Waals surface area contributed by atoms with Gasteiger partial charge in [0.1, 0.15) is 0 Å². The van der Waals surface area contributed by atoms with Crippen molar-refractivity contribution in [1.82, 2.24) is 4.98 Å². The van der Waals surface area contributed by atoms with Gasteiger partial charge in [-0.1, -0.05) is 6.92 Å². The Morgan fingerprint density at radius 3 is 2.81 bits per heavy atom. The molecule has 0 saturated carbocycles. The van der Waals surface area contributed by atoms with Gasteiger partial charge in [0.05, 0.1) is 0 Å². The second-order valence-electron chi connectivity index (χ2n) is 4.06. The maximum atomic E-state index is 13.6. The number of hydrogen-bond donors (Lipinski definition) is 2. The number of halogens is 2. The molecule has 0 aliphatic carbocycles. The largest absolute Gasteiger partial charge is 0.362 e. The SMILES string of the molecule is CCC(C)(CCN)Nc1ncc(Br)cc1F. The van der Waals surface area contributed by atoms with Crippen LogP contribution in [0.15, 0.2) is 16.7 Å². The van der Waals surface area contributed by atoms with E-state index in [1.165, 1.54) is 6.07 Å². The van der Waals surface area contributed by atoms with Crippen LogP contribution in [0.5, 0.6) is 0 Å². The van der Waals surface area contributed by atoms with Crippen LogP contribution in [0.1, 0.15) is 26.7 Å².